The summed E-state index contributed by atoms with van der Waals surface area (Å²) in [4.78, 5) is 8.38. The second kappa shape index (κ2) is 5.73. The summed E-state index contributed by atoms with van der Waals surface area (Å²) in [5.74, 6) is 3.60. The Kier molecular flexibility index (Phi) is 4.00. The predicted octanol–water partition coefficient (Wildman–Crippen LogP) is 2.45. The molecule has 0 aromatic carbocycles. The van der Waals surface area contributed by atoms with Crippen LogP contribution in [0.3, 0.4) is 0 Å². The molecule has 0 radical (unpaired) electrons. The Morgan fingerprint density at radius 1 is 1.37 bits per heavy atom. The molecule has 2 aromatic heterocycles. The molecule has 19 heavy (non-hydrogen) atoms. The van der Waals surface area contributed by atoms with Crippen LogP contribution >= 0.6 is 23.1 Å². The quantitative estimate of drug-likeness (QED) is 0.939. The summed E-state index contributed by atoms with van der Waals surface area (Å²) in [5, 5.41) is 5.63. The Morgan fingerprint density at radius 2 is 2.16 bits per heavy atom. The molecule has 0 atom stereocenters. The van der Waals surface area contributed by atoms with E-state index < -0.39 is 0 Å². The summed E-state index contributed by atoms with van der Waals surface area (Å²) in [6.07, 6.45) is 2.13. The van der Waals surface area contributed by atoms with Gasteiger partial charge in [0.15, 0.2) is 10.8 Å². The van der Waals surface area contributed by atoms with Gasteiger partial charge in [0, 0.05) is 48.8 Å². The smallest absolute Gasteiger partial charge is 0.195 e. The fourth-order valence-corrected chi connectivity index (χ4v) is 3.95. The van der Waals surface area contributed by atoms with Crippen LogP contribution in [0.2, 0.25) is 0 Å². The van der Waals surface area contributed by atoms with E-state index in [1.54, 1.807) is 11.3 Å². The van der Waals surface area contributed by atoms with Crippen molar-refractivity contribution in [2.24, 2.45) is 0 Å². The normalized spacial score (nSPS) is 16.7. The van der Waals surface area contributed by atoms with Crippen molar-refractivity contribution in [1.29, 1.82) is 0 Å². The van der Waals surface area contributed by atoms with Crippen molar-refractivity contribution in [3.63, 3.8) is 0 Å². The number of fused-ring (bicyclic) bond motifs is 1. The lowest BCUT2D eigenvalue weighted by Gasteiger charge is -2.27. The zero-order valence-electron chi connectivity index (χ0n) is 11.4. The highest BCUT2D eigenvalue weighted by Crippen LogP contribution is 2.26. The molecule has 0 amide bonds. The Balaban J connectivity index is 1.92. The lowest BCUT2D eigenvalue weighted by atomic mass is 10.3. The number of nitrogens with zero attached hydrogens (tertiary/aromatic N) is 3. The number of hydrogen-bond donors (Lipinski definition) is 1. The van der Waals surface area contributed by atoms with Crippen molar-refractivity contribution in [2.75, 3.05) is 29.5 Å². The molecular weight excluding hydrogens is 276 g/mol. The standard InChI is InChI=1S/C13H20N4S2/c1-10(2)14-9-11-12(16-3-6-18-7-4-16)15-13-17(11)5-8-19-13/h5,8,10,14H,3-4,6-7,9H2,1-2H3. The van der Waals surface area contributed by atoms with Crippen LogP contribution in [0, 0.1) is 0 Å². The van der Waals surface area contributed by atoms with Gasteiger partial charge in [-0.1, -0.05) is 13.8 Å². The van der Waals surface area contributed by atoms with Gasteiger partial charge < -0.3 is 10.2 Å². The van der Waals surface area contributed by atoms with E-state index in [0.29, 0.717) is 6.04 Å². The van der Waals surface area contributed by atoms with E-state index >= 15 is 0 Å². The monoisotopic (exact) mass is 296 g/mol. The molecule has 0 unspecified atom stereocenters. The molecule has 1 aliphatic heterocycles. The third-order valence-corrected chi connectivity index (χ3v) is 5.03. The minimum Gasteiger partial charge on any atom is -0.353 e. The van der Waals surface area contributed by atoms with Gasteiger partial charge >= 0.3 is 0 Å². The molecule has 3 rings (SSSR count). The molecule has 0 saturated carbocycles. The highest BCUT2D eigenvalue weighted by Gasteiger charge is 2.20. The molecule has 3 heterocycles. The number of nitrogens with one attached hydrogen (secondary N) is 1. The molecule has 1 saturated heterocycles. The van der Waals surface area contributed by atoms with Crippen LogP contribution < -0.4 is 10.2 Å². The van der Waals surface area contributed by atoms with Gasteiger partial charge in [-0.25, -0.2) is 4.98 Å². The zero-order valence-corrected chi connectivity index (χ0v) is 13.1. The van der Waals surface area contributed by atoms with Gasteiger partial charge in [0.2, 0.25) is 0 Å². The van der Waals surface area contributed by atoms with Gasteiger partial charge in [0.05, 0.1) is 5.69 Å². The maximum Gasteiger partial charge on any atom is 0.195 e. The highest BCUT2D eigenvalue weighted by atomic mass is 32.2. The van der Waals surface area contributed by atoms with E-state index in [1.165, 1.54) is 23.0 Å². The lowest BCUT2D eigenvalue weighted by molar-refractivity contribution is 0.578. The van der Waals surface area contributed by atoms with Gasteiger partial charge in [-0.15, -0.1) is 11.3 Å². The number of anilines is 1. The van der Waals surface area contributed by atoms with E-state index in [4.69, 9.17) is 4.98 Å². The van der Waals surface area contributed by atoms with Crippen molar-refractivity contribution < 1.29 is 0 Å². The van der Waals surface area contributed by atoms with Gasteiger partial charge in [-0.3, -0.25) is 4.40 Å². The molecular formula is C13H20N4S2. The molecule has 1 N–H and O–H groups in total. The maximum atomic E-state index is 4.83. The molecule has 0 aliphatic carbocycles. The summed E-state index contributed by atoms with van der Waals surface area (Å²) in [7, 11) is 0. The lowest BCUT2D eigenvalue weighted by Crippen LogP contribution is -2.34. The number of aromatic nitrogens is 2. The largest absolute Gasteiger partial charge is 0.353 e. The van der Waals surface area contributed by atoms with Crippen molar-refractivity contribution in [3.8, 4) is 0 Å². The molecule has 4 nitrogen and oxygen atoms in total. The van der Waals surface area contributed by atoms with Crippen LogP contribution in [-0.2, 0) is 6.54 Å². The molecule has 1 aliphatic rings. The average molecular weight is 296 g/mol. The van der Waals surface area contributed by atoms with Gasteiger partial charge in [0.25, 0.3) is 0 Å². The van der Waals surface area contributed by atoms with Crippen LogP contribution in [-0.4, -0.2) is 40.0 Å². The first-order valence-corrected chi connectivity index (χ1v) is 8.79. The van der Waals surface area contributed by atoms with Crippen LogP contribution in [0.15, 0.2) is 11.6 Å². The maximum absolute atomic E-state index is 4.83. The zero-order chi connectivity index (χ0) is 13.2. The first-order chi connectivity index (χ1) is 9.25. The third kappa shape index (κ3) is 2.75. The number of rotatable bonds is 4. The van der Waals surface area contributed by atoms with Crippen LogP contribution in [0.4, 0.5) is 5.82 Å². The van der Waals surface area contributed by atoms with Crippen molar-refractivity contribution in [1.82, 2.24) is 14.7 Å². The first-order valence-electron chi connectivity index (χ1n) is 6.76. The fraction of sp³-hybridized carbons (Fsp3) is 0.615. The summed E-state index contributed by atoms with van der Waals surface area (Å²) in [6, 6.07) is 0.494. The van der Waals surface area contributed by atoms with E-state index in [-0.39, 0.29) is 0 Å². The Morgan fingerprint density at radius 3 is 2.89 bits per heavy atom. The minimum atomic E-state index is 0.494. The third-order valence-electron chi connectivity index (χ3n) is 3.33. The number of hydrogen-bond acceptors (Lipinski definition) is 5. The molecule has 0 bridgehead atoms. The second-order valence-corrected chi connectivity index (χ2v) is 7.17. The van der Waals surface area contributed by atoms with Crippen molar-refractivity contribution >= 4 is 33.9 Å². The molecule has 0 spiro atoms. The van der Waals surface area contributed by atoms with E-state index in [1.807, 2.05) is 11.8 Å². The van der Waals surface area contributed by atoms with Gasteiger partial charge in [0.1, 0.15) is 0 Å². The molecule has 104 valence electrons. The van der Waals surface area contributed by atoms with Gasteiger partial charge in [-0.05, 0) is 0 Å². The number of imidazole rings is 1. The summed E-state index contributed by atoms with van der Waals surface area (Å²) >= 11 is 3.75. The molecule has 2 aromatic rings. The Hall–Kier alpha value is -0.720. The van der Waals surface area contributed by atoms with Crippen LogP contribution in [0.1, 0.15) is 19.5 Å². The fourth-order valence-electron chi connectivity index (χ4n) is 2.31. The molecule has 1 fully saturated rings. The Labute approximate surface area is 122 Å². The van der Waals surface area contributed by atoms with Crippen LogP contribution in [0.5, 0.6) is 0 Å². The molecule has 6 heteroatoms. The number of thiazole rings is 1. The van der Waals surface area contributed by atoms with Crippen molar-refractivity contribution in [2.45, 2.75) is 26.4 Å². The minimum absolute atomic E-state index is 0.494. The SMILES string of the molecule is CC(C)NCc1c(N2CCSCC2)nc2sccn12. The highest BCUT2D eigenvalue weighted by molar-refractivity contribution is 7.99. The van der Waals surface area contributed by atoms with Gasteiger partial charge in [-0.2, -0.15) is 11.8 Å². The number of thioether (sulfide) groups is 1. The summed E-state index contributed by atoms with van der Waals surface area (Å²) in [6.45, 7) is 7.48. The second-order valence-electron chi connectivity index (χ2n) is 5.07. The van der Waals surface area contributed by atoms with Crippen LogP contribution in [0.25, 0.3) is 4.96 Å². The predicted molar refractivity (Wildman–Crippen MR) is 84.6 cm³/mol. The van der Waals surface area contributed by atoms with E-state index in [2.05, 4.69) is 40.0 Å². The van der Waals surface area contributed by atoms with E-state index in [0.717, 1.165) is 24.6 Å². The Bertz CT molecular complexity index is 540. The average Bonchev–Trinajstić information content (AvgIpc) is 2.98. The summed E-state index contributed by atoms with van der Waals surface area (Å²) in [5.41, 5.74) is 1.30. The topological polar surface area (TPSA) is 32.6 Å². The van der Waals surface area contributed by atoms with Crippen molar-refractivity contribution in [3.05, 3.63) is 17.3 Å². The van der Waals surface area contributed by atoms with E-state index in [9.17, 15) is 0 Å². The summed E-state index contributed by atoms with van der Waals surface area (Å²) < 4.78 is 2.23. The first kappa shape index (κ1) is 13.3.